The fraction of sp³-hybridized carbons (Fsp3) is 0.500. The first-order valence-corrected chi connectivity index (χ1v) is 4.91. The van der Waals surface area contributed by atoms with Crippen LogP contribution in [0, 0.1) is 6.92 Å². The molecular formula is C12H18O. The monoisotopic (exact) mass is 178 g/mol. The normalized spacial score (nSPS) is 10.1. The van der Waals surface area contributed by atoms with Gasteiger partial charge in [-0.1, -0.05) is 19.4 Å². The van der Waals surface area contributed by atoms with E-state index < -0.39 is 0 Å². The topological polar surface area (TPSA) is 9.23 Å². The Kier molecular flexibility index (Phi) is 3.81. The van der Waals surface area contributed by atoms with E-state index in [1.54, 1.807) is 7.11 Å². The molecule has 0 aliphatic carbocycles. The summed E-state index contributed by atoms with van der Waals surface area (Å²) in [6.07, 6.45) is 3.71. The minimum absolute atomic E-state index is 0.956. The van der Waals surface area contributed by atoms with Crippen LogP contribution in [0.2, 0.25) is 0 Å². The average Bonchev–Trinajstić information content (AvgIpc) is 2.16. The molecule has 13 heavy (non-hydrogen) atoms. The minimum Gasteiger partial charge on any atom is -0.497 e. The Morgan fingerprint density at radius 3 is 2.62 bits per heavy atom. The van der Waals surface area contributed by atoms with Gasteiger partial charge < -0.3 is 4.74 Å². The summed E-state index contributed by atoms with van der Waals surface area (Å²) in [4.78, 5) is 0. The summed E-state index contributed by atoms with van der Waals surface area (Å²) in [5.74, 6) is 0.956. The van der Waals surface area contributed by atoms with Gasteiger partial charge in [-0.25, -0.2) is 0 Å². The molecule has 1 aromatic carbocycles. The van der Waals surface area contributed by atoms with Gasteiger partial charge in [-0.3, -0.25) is 0 Å². The van der Waals surface area contributed by atoms with E-state index in [0.29, 0.717) is 0 Å². The molecule has 0 aliphatic heterocycles. The van der Waals surface area contributed by atoms with E-state index in [1.165, 1.54) is 30.4 Å². The van der Waals surface area contributed by atoms with Gasteiger partial charge in [-0.2, -0.15) is 0 Å². The molecule has 1 heteroatoms. The quantitative estimate of drug-likeness (QED) is 0.687. The molecule has 0 aliphatic rings. The second kappa shape index (κ2) is 4.90. The first-order chi connectivity index (χ1) is 6.27. The molecule has 1 rings (SSSR count). The van der Waals surface area contributed by atoms with Crippen LogP contribution in [0.3, 0.4) is 0 Å². The Labute approximate surface area is 80.7 Å². The molecule has 0 saturated heterocycles. The highest BCUT2D eigenvalue weighted by molar-refractivity contribution is 5.34. The summed E-state index contributed by atoms with van der Waals surface area (Å²) < 4.78 is 5.15. The van der Waals surface area contributed by atoms with Crippen molar-refractivity contribution in [2.45, 2.75) is 33.1 Å². The van der Waals surface area contributed by atoms with Crippen LogP contribution in [0.4, 0.5) is 0 Å². The summed E-state index contributed by atoms with van der Waals surface area (Å²) in [7, 11) is 1.71. The van der Waals surface area contributed by atoms with E-state index in [-0.39, 0.29) is 0 Å². The Morgan fingerprint density at radius 2 is 2.08 bits per heavy atom. The average molecular weight is 178 g/mol. The lowest BCUT2D eigenvalue weighted by Gasteiger charge is -2.06. The SMILES string of the molecule is CCCCc1ccc(OC)cc1C. The van der Waals surface area contributed by atoms with Crippen LogP contribution in [-0.4, -0.2) is 7.11 Å². The molecule has 0 amide bonds. The van der Waals surface area contributed by atoms with Gasteiger partial charge in [-0.15, -0.1) is 0 Å². The van der Waals surface area contributed by atoms with Gasteiger partial charge in [0.1, 0.15) is 5.75 Å². The van der Waals surface area contributed by atoms with Crippen molar-refractivity contribution < 1.29 is 4.74 Å². The Balaban J connectivity index is 2.73. The lowest BCUT2D eigenvalue weighted by molar-refractivity contribution is 0.414. The summed E-state index contributed by atoms with van der Waals surface area (Å²) in [5, 5.41) is 0. The van der Waals surface area contributed by atoms with Crippen molar-refractivity contribution in [2.75, 3.05) is 7.11 Å². The molecular weight excluding hydrogens is 160 g/mol. The van der Waals surface area contributed by atoms with E-state index in [2.05, 4.69) is 26.0 Å². The van der Waals surface area contributed by atoms with E-state index >= 15 is 0 Å². The van der Waals surface area contributed by atoms with Crippen LogP contribution in [0.15, 0.2) is 18.2 Å². The molecule has 1 aromatic rings. The second-order valence-electron chi connectivity index (χ2n) is 3.40. The highest BCUT2D eigenvalue weighted by Crippen LogP contribution is 2.18. The number of rotatable bonds is 4. The number of hydrogen-bond donors (Lipinski definition) is 0. The number of benzene rings is 1. The van der Waals surface area contributed by atoms with Crippen molar-refractivity contribution in [1.29, 1.82) is 0 Å². The fourth-order valence-corrected chi connectivity index (χ4v) is 1.44. The number of aryl methyl sites for hydroxylation is 2. The van der Waals surface area contributed by atoms with Gasteiger partial charge in [0.2, 0.25) is 0 Å². The Hall–Kier alpha value is -0.980. The molecule has 0 N–H and O–H groups in total. The third kappa shape index (κ3) is 2.76. The predicted octanol–water partition coefficient (Wildman–Crippen LogP) is 3.35. The fourth-order valence-electron chi connectivity index (χ4n) is 1.44. The lowest BCUT2D eigenvalue weighted by atomic mass is 10.0. The third-order valence-electron chi connectivity index (χ3n) is 2.35. The van der Waals surface area contributed by atoms with Crippen molar-refractivity contribution in [3.63, 3.8) is 0 Å². The number of hydrogen-bond acceptors (Lipinski definition) is 1. The summed E-state index contributed by atoms with van der Waals surface area (Å²) in [5.41, 5.74) is 2.79. The number of unbranched alkanes of at least 4 members (excludes halogenated alkanes) is 1. The highest BCUT2D eigenvalue weighted by atomic mass is 16.5. The molecule has 0 fully saturated rings. The Morgan fingerprint density at radius 1 is 1.31 bits per heavy atom. The van der Waals surface area contributed by atoms with Gasteiger partial charge in [-0.05, 0) is 43.0 Å². The van der Waals surface area contributed by atoms with Crippen molar-refractivity contribution >= 4 is 0 Å². The first-order valence-electron chi connectivity index (χ1n) is 4.91. The van der Waals surface area contributed by atoms with Gasteiger partial charge >= 0.3 is 0 Å². The van der Waals surface area contributed by atoms with Crippen LogP contribution in [-0.2, 0) is 6.42 Å². The molecule has 0 saturated carbocycles. The molecule has 0 spiro atoms. The standard InChI is InChI=1S/C12H18O/c1-4-5-6-11-7-8-12(13-3)9-10(11)2/h7-9H,4-6H2,1-3H3. The zero-order chi connectivity index (χ0) is 9.68. The number of ether oxygens (including phenoxy) is 1. The zero-order valence-electron chi connectivity index (χ0n) is 8.76. The molecule has 0 bridgehead atoms. The molecule has 0 aromatic heterocycles. The largest absolute Gasteiger partial charge is 0.497 e. The van der Waals surface area contributed by atoms with Crippen LogP contribution in [0.5, 0.6) is 5.75 Å². The van der Waals surface area contributed by atoms with Crippen LogP contribution in [0.25, 0.3) is 0 Å². The first kappa shape index (κ1) is 10.1. The molecule has 0 unspecified atom stereocenters. The summed E-state index contributed by atoms with van der Waals surface area (Å²) >= 11 is 0. The van der Waals surface area contributed by atoms with Crippen LogP contribution < -0.4 is 4.74 Å². The maximum absolute atomic E-state index is 5.15. The molecule has 72 valence electrons. The van der Waals surface area contributed by atoms with Crippen LogP contribution in [0.1, 0.15) is 30.9 Å². The molecule has 0 heterocycles. The van der Waals surface area contributed by atoms with Crippen molar-refractivity contribution in [3.8, 4) is 5.75 Å². The molecule has 0 atom stereocenters. The van der Waals surface area contributed by atoms with Gasteiger partial charge in [0.05, 0.1) is 7.11 Å². The van der Waals surface area contributed by atoms with Gasteiger partial charge in [0, 0.05) is 0 Å². The highest BCUT2D eigenvalue weighted by Gasteiger charge is 1.99. The van der Waals surface area contributed by atoms with E-state index in [1.807, 2.05) is 6.07 Å². The van der Waals surface area contributed by atoms with E-state index in [9.17, 15) is 0 Å². The lowest BCUT2D eigenvalue weighted by Crippen LogP contribution is -1.91. The zero-order valence-corrected chi connectivity index (χ0v) is 8.76. The third-order valence-corrected chi connectivity index (χ3v) is 2.35. The second-order valence-corrected chi connectivity index (χ2v) is 3.40. The minimum atomic E-state index is 0.956. The van der Waals surface area contributed by atoms with Crippen molar-refractivity contribution in [3.05, 3.63) is 29.3 Å². The van der Waals surface area contributed by atoms with Gasteiger partial charge in [0.25, 0.3) is 0 Å². The van der Waals surface area contributed by atoms with Gasteiger partial charge in [0.15, 0.2) is 0 Å². The maximum atomic E-state index is 5.15. The maximum Gasteiger partial charge on any atom is 0.119 e. The van der Waals surface area contributed by atoms with Crippen molar-refractivity contribution in [2.24, 2.45) is 0 Å². The number of methoxy groups -OCH3 is 1. The van der Waals surface area contributed by atoms with E-state index in [4.69, 9.17) is 4.74 Å². The van der Waals surface area contributed by atoms with Crippen LogP contribution >= 0.6 is 0 Å². The molecule has 1 nitrogen and oxygen atoms in total. The molecule has 0 radical (unpaired) electrons. The van der Waals surface area contributed by atoms with Crippen molar-refractivity contribution in [1.82, 2.24) is 0 Å². The summed E-state index contributed by atoms with van der Waals surface area (Å²) in [6, 6.07) is 6.31. The smallest absolute Gasteiger partial charge is 0.119 e. The summed E-state index contributed by atoms with van der Waals surface area (Å²) in [6.45, 7) is 4.37. The predicted molar refractivity (Wildman–Crippen MR) is 56.3 cm³/mol. The Bertz CT molecular complexity index is 266. The van der Waals surface area contributed by atoms with E-state index in [0.717, 1.165) is 5.75 Å².